The molecule has 0 saturated heterocycles. The van der Waals surface area contributed by atoms with Gasteiger partial charge in [-0.3, -0.25) is 4.55 Å². The standard InChI is InChI=1S/C13H20F2O3S/c14-13(15,19(16,17)18)2-1-12-6-9-3-10(7-12)5-11(4-9)8-12/h9-11H,1-8H2,(H,16,17,18). The molecular formula is C13H20F2O3S. The first-order valence-electron chi connectivity index (χ1n) is 7.04. The minimum Gasteiger partial charge on any atom is -0.281 e. The predicted molar refractivity (Wildman–Crippen MR) is 66.3 cm³/mol. The zero-order valence-electron chi connectivity index (χ0n) is 10.8. The van der Waals surface area contributed by atoms with Crippen LogP contribution in [0.25, 0.3) is 0 Å². The third-order valence-electron chi connectivity index (χ3n) is 5.49. The van der Waals surface area contributed by atoms with Gasteiger partial charge in [0.1, 0.15) is 0 Å². The fraction of sp³-hybridized carbons (Fsp3) is 1.00. The molecule has 0 spiro atoms. The molecule has 0 aromatic heterocycles. The molecule has 0 aliphatic heterocycles. The summed E-state index contributed by atoms with van der Waals surface area (Å²) in [6.07, 6.45) is 6.10. The topological polar surface area (TPSA) is 54.4 Å². The van der Waals surface area contributed by atoms with E-state index in [9.17, 15) is 17.2 Å². The molecule has 4 bridgehead atoms. The molecule has 0 radical (unpaired) electrons. The van der Waals surface area contributed by atoms with Gasteiger partial charge < -0.3 is 0 Å². The Bertz CT molecular complexity index is 437. The summed E-state index contributed by atoms with van der Waals surface area (Å²) >= 11 is 0. The van der Waals surface area contributed by atoms with E-state index in [0.717, 1.165) is 19.3 Å². The van der Waals surface area contributed by atoms with Crippen molar-refractivity contribution in [3.05, 3.63) is 0 Å². The molecule has 0 unspecified atom stereocenters. The van der Waals surface area contributed by atoms with E-state index in [-0.39, 0.29) is 11.8 Å². The largest absolute Gasteiger partial charge is 0.370 e. The lowest BCUT2D eigenvalue weighted by molar-refractivity contribution is -0.0686. The molecular weight excluding hydrogens is 274 g/mol. The molecule has 6 heteroatoms. The fourth-order valence-electron chi connectivity index (χ4n) is 5.14. The lowest BCUT2D eigenvalue weighted by Crippen LogP contribution is -2.46. The Morgan fingerprint density at radius 3 is 1.84 bits per heavy atom. The van der Waals surface area contributed by atoms with Crippen molar-refractivity contribution < 1.29 is 21.8 Å². The Hall–Kier alpha value is -0.230. The zero-order valence-corrected chi connectivity index (χ0v) is 11.6. The van der Waals surface area contributed by atoms with Crippen LogP contribution in [0.5, 0.6) is 0 Å². The first kappa shape index (κ1) is 13.7. The molecule has 4 aliphatic carbocycles. The molecule has 0 aromatic rings. The summed E-state index contributed by atoms with van der Waals surface area (Å²) in [5, 5.41) is -3.99. The van der Waals surface area contributed by atoms with Crippen LogP contribution in [0.3, 0.4) is 0 Å². The predicted octanol–water partition coefficient (Wildman–Crippen LogP) is 3.46. The van der Waals surface area contributed by atoms with Gasteiger partial charge in [0, 0.05) is 6.42 Å². The molecule has 0 heterocycles. The van der Waals surface area contributed by atoms with Crippen molar-refractivity contribution in [1.82, 2.24) is 0 Å². The molecule has 4 fully saturated rings. The second-order valence-corrected chi connectivity index (χ2v) is 8.58. The van der Waals surface area contributed by atoms with E-state index >= 15 is 0 Å². The average molecular weight is 294 g/mol. The van der Waals surface area contributed by atoms with Gasteiger partial charge in [0.15, 0.2) is 0 Å². The third kappa shape index (κ3) is 2.42. The van der Waals surface area contributed by atoms with Crippen LogP contribution in [-0.4, -0.2) is 18.2 Å². The van der Waals surface area contributed by atoms with Gasteiger partial charge in [-0.05, 0) is 68.1 Å². The molecule has 4 aliphatic rings. The van der Waals surface area contributed by atoms with E-state index < -0.39 is 21.8 Å². The highest BCUT2D eigenvalue weighted by Crippen LogP contribution is 2.62. The Morgan fingerprint density at radius 2 is 1.47 bits per heavy atom. The van der Waals surface area contributed by atoms with Crippen molar-refractivity contribution in [3.63, 3.8) is 0 Å². The number of halogens is 2. The SMILES string of the molecule is O=S(=O)(O)C(F)(F)CCC12CC3CC(CC(C3)C1)C2. The van der Waals surface area contributed by atoms with Gasteiger partial charge in [-0.1, -0.05) is 0 Å². The monoisotopic (exact) mass is 294 g/mol. The van der Waals surface area contributed by atoms with Gasteiger partial charge >= 0.3 is 15.4 Å². The van der Waals surface area contributed by atoms with Crippen LogP contribution in [0.2, 0.25) is 0 Å². The summed E-state index contributed by atoms with van der Waals surface area (Å²) in [6, 6.07) is 0. The van der Waals surface area contributed by atoms with Crippen LogP contribution in [-0.2, 0) is 10.1 Å². The second-order valence-electron chi connectivity index (χ2n) is 7.03. The first-order chi connectivity index (χ1) is 8.69. The van der Waals surface area contributed by atoms with E-state index in [4.69, 9.17) is 4.55 Å². The van der Waals surface area contributed by atoms with E-state index in [1.807, 2.05) is 0 Å². The maximum absolute atomic E-state index is 13.4. The van der Waals surface area contributed by atoms with Crippen molar-refractivity contribution in [3.8, 4) is 0 Å². The lowest BCUT2D eigenvalue weighted by atomic mass is 9.48. The van der Waals surface area contributed by atoms with Gasteiger partial charge in [-0.2, -0.15) is 17.2 Å². The number of alkyl halides is 2. The van der Waals surface area contributed by atoms with Crippen LogP contribution < -0.4 is 0 Å². The minimum absolute atomic E-state index is 0.0805. The maximum atomic E-state index is 13.4. The van der Waals surface area contributed by atoms with Crippen LogP contribution >= 0.6 is 0 Å². The number of hydrogen-bond acceptors (Lipinski definition) is 2. The van der Waals surface area contributed by atoms with Crippen molar-refractivity contribution in [1.29, 1.82) is 0 Å². The number of hydrogen-bond donors (Lipinski definition) is 1. The van der Waals surface area contributed by atoms with Crippen molar-refractivity contribution in [2.75, 3.05) is 0 Å². The van der Waals surface area contributed by atoms with E-state index in [1.165, 1.54) is 19.3 Å². The fourth-order valence-corrected chi connectivity index (χ4v) is 5.50. The summed E-state index contributed by atoms with van der Waals surface area (Å²) in [6.45, 7) is 0. The zero-order chi connectivity index (χ0) is 13.9. The second kappa shape index (κ2) is 4.13. The molecule has 3 nitrogen and oxygen atoms in total. The highest BCUT2D eigenvalue weighted by atomic mass is 32.2. The number of rotatable bonds is 4. The Labute approximate surface area is 112 Å². The van der Waals surface area contributed by atoms with Crippen LogP contribution in [0.15, 0.2) is 0 Å². The van der Waals surface area contributed by atoms with Crippen molar-refractivity contribution in [2.45, 2.75) is 56.6 Å². The van der Waals surface area contributed by atoms with Gasteiger partial charge in [0.25, 0.3) is 0 Å². The summed E-state index contributed by atoms with van der Waals surface area (Å²) in [4.78, 5) is 0. The highest BCUT2D eigenvalue weighted by Gasteiger charge is 2.53. The van der Waals surface area contributed by atoms with Crippen LogP contribution in [0, 0.1) is 23.2 Å². The summed E-state index contributed by atoms with van der Waals surface area (Å²) < 4.78 is 56.7. The van der Waals surface area contributed by atoms with Crippen molar-refractivity contribution >= 4 is 10.1 Å². The lowest BCUT2D eigenvalue weighted by Gasteiger charge is -2.57. The summed E-state index contributed by atoms with van der Waals surface area (Å²) in [5.41, 5.74) is -0.0805. The van der Waals surface area contributed by atoms with E-state index in [1.54, 1.807) is 0 Å². The van der Waals surface area contributed by atoms with Crippen LogP contribution in [0.1, 0.15) is 51.4 Å². The quantitative estimate of drug-likeness (QED) is 0.808. The van der Waals surface area contributed by atoms with E-state index in [0.29, 0.717) is 17.8 Å². The first-order valence-corrected chi connectivity index (χ1v) is 8.48. The molecule has 4 saturated carbocycles. The maximum Gasteiger partial charge on any atom is 0.370 e. The summed E-state index contributed by atoms with van der Waals surface area (Å²) in [7, 11) is -5.27. The molecule has 19 heavy (non-hydrogen) atoms. The minimum atomic E-state index is -5.27. The van der Waals surface area contributed by atoms with Crippen molar-refractivity contribution in [2.24, 2.45) is 23.2 Å². The normalized spacial score (nSPS) is 41.7. The molecule has 0 aromatic carbocycles. The molecule has 0 atom stereocenters. The highest BCUT2D eigenvalue weighted by molar-refractivity contribution is 7.86. The summed E-state index contributed by atoms with van der Waals surface area (Å²) in [5.74, 6) is 1.97. The molecule has 1 N–H and O–H groups in total. The Morgan fingerprint density at radius 1 is 1.05 bits per heavy atom. The Balaban J connectivity index is 1.70. The van der Waals surface area contributed by atoms with Gasteiger partial charge in [0.2, 0.25) is 0 Å². The average Bonchev–Trinajstić information content (AvgIpc) is 2.23. The third-order valence-corrected chi connectivity index (χ3v) is 6.45. The van der Waals surface area contributed by atoms with E-state index in [2.05, 4.69) is 0 Å². The van der Waals surface area contributed by atoms with Gasteiger partial charge in [0.05, 0.1) is 0 Å². The van der Waals surface area contributed by atoms with Crippen LogP contribution in [0.4, 0.5) is 8.78 Å². The smallest absolute Gasteiger partial charge is 0.281 e. The van der Waals surface area contributed by atoms with Gasteiger partial charge in [-0.15, -0.1) is 0 Å². The van der Waals surface area contributed by atoms with Gasteiger partial charge in [-0.25, -0.2) is 0 Å². The molecule has 110 valence electrons. The Kier molecular flexibility index (Phi) is 2.99. The molecule has 0 amide bonds. The molecule has 4 rings (SSSR count).